The summed E-state index contributed by atoms with van der Waals surface area (Å²) in [6, 6.07) is 9.05. The van der Waals surface area contributed by atoms with Crippen molar-refractivity contribution < 1.29 is 9.90 Å². The van der Waals surface area contributed by atoms with Crippen molar-refractivity contribution in [2.45, 2.75) is 12.5 Å². The van der Waals surface area contributed by atoms with E-state index in [0.717, 1.165) is 5.56 Å². The molecule has 1 fully saturated rings. The van der Waals surface area contributed by atoms with E-state index in [1.807, 2.05) is 6.07 Å². The summed E-state index contributed by atoms with van der Waals surface area (Å²) < 4.78 is 0. The number of hydrogen-bond donors (Lipinski definition) is 1. The van der Waals surface area contributed by atoms with E-state index in [9.17, 15) is 9.90 Å². The van der Waals surface area contributed by atoms with Crippen molar-refractivity contribution in [3.8, 4) is 6.07 Å². The third-order valence-electron chi connectivity index (χ3n) is 2.93. The zero-order valence-corrected chi connectivity index (χ0v) is 9.91. The SMILES string of the molecule is N#Cc1ccc(C=CC(=O)N2CCC(O)C2)cc1. The molecule has 1 atom stereocenters. The molecule has 2 rings (SSSR count). The van der Waals surface area contributed by atoms with Gasteiger partial charge in [-0.15, -0.1) is 0 Å². The number of carbonyl (C=O) groups excluding carboxylic acids is 1. The van der Waals surface area contributed by atoms with Crippen molar-refractivity contribution in [3.63, 3.8) is 0 Å². The summed E-state index contributed by atoms with van der Waals surface area (Å²) >= 11 is 0. The van der Waals surface area contributed by atoms with E-state index in [1.165, 1.54) is 6.08 Å². The number of aliphatic hydroxyl groups excluding tert-OH is 1. The van der Waals surface area contributed by atoms with Crippen LogP contribution >= 0.6 is 0 Å². The number of nitrogens with zero attached hydrogens (tertiary/aromatic N) is 2. The van der Waals surface area contributed by atoms with E-state index in [4.69, 9.17) is 5.26 Å². The highest BCUT2D eigenvalue weighted by atomic mass is 16.3. The third kappa shape index (κ3) is 2.96. The first kappa shape index (κ1) is 12.3. The van der Waals surface area contributed by atoms with Crippen molar-refractivity contribution in [2.75, 3.05) is 13.1 Å². The summed E-state index contributed by atoms with van der Waals surface area (Å²) in [6.07, 6.45) is 3.47. The summed E-state index contributed by atoms with van der Waals surface area (Å²) in [6.45, 7) is 1.02. The van der Waals surface area contributed by atoms with Gasteiger partial charge in [0.15, 0.2) is 0 Å². The molecule has 0 bridgehead atoms. The molecule has 0 aromatic heterocycles. The van der Waals surface area contributed by atoms with Crippen LogP contribution in [-0.2, 0) is 4.79 Å². The average Bonchev–Trinajstić information content (AvgIpc) is 2.83. The highest BCUT2D eigenvalue weighted by molar-refractivity contribution is 5.92. The topological polar surface area (TPSA) is 64.3 Å². The Morgan fingerprint density at radius 3 is 2.72 bits per heavy atom. The summed E-state index contributed by atoms with van der Waals surface area (Å²) in [4.78, 5) is 13.4. The molecule has 1 aromatic carbocycles. The Kier molecular flexibility index (Phi) is 3.75. The summed E-state index contributed by atoms with van der Waals surface area (Å²) in [7, 11) is 0. The van der Waals surface area contributed by atoms with Gasteiger partial charge in [-0.3, -0.25) is 4.79 Å². The Hall–Kier alpha value is -2.12. The van der Waals surface area contributed by atoms with E-state index in [0.29, 0.717) is 25.1 Å². The van der Waals surface area contributed by atoms with Gasteiger partial charge in [0, 0.05) is 19.2 Å². The predicted octanol–water partition coefficient (Wildman–Crippen LogP) is 1.16. The van der Waals surface area contributed by atoms with Crippen LogP contribution in [0, 0.1) is 11.3 Å². The monoisotopic (exact) mass is 242 g/mol. The van der Waals surface area contributed by atoms with E-state index in [2.05, 4.69) is 0 Å². The lowest BCUT2D eigenvalue weighted by molar-refractivity contribution is -0.125. The van der Waals surface area contributed by atoms with Crippen LogP contribution in [0.4, 0.5) is 0 Å². The van der Waals surface area contributed by atoms with Crippen molar-refractivity contribution in [1.29, 1.82) is 5.26 Å². The Morgan fingerprint density at radius 2 is 2.17 bits per heavy atom. The van der Waals surface area contributed by atoms with Gasteiger partial charge < -0.3 is 10.0 Å². The van der Waals surface area contributed by atoms with Crippen molar-refractivity contribution in [3.05, 3.63) is 41.5 Å². The standard InChI is InChI=1S/C14H14N2O2/c15-9-12-3-1-11(2-4-12)5-6-14(18)16-8-7-13(17)10-16/h1-6,13,17H,7-8,10H2. The molecule has 1 amide bonds. The fourth-order valence-electron chi connectivity index (χ4n) is 1.88. The van der Waals surface area contributed by atoms with Crippen LogP contribution in [0.5, 0.6) is 0 Å². The second kappa shape index (κ2) is 5.48. The maximum atomic E-state index is 11.8. The second-order valence-corrected chi connectivity index (χ2v) is 4.29. The van der Waals surface area contributed by atoms with Crippen LogP contribution in [0.3, 0.4) is 0 Å². The molecule has 4 heteroatoms. The van der Waals surface area contributed by atoms with E-state index in [1.54, 1.807) is 35.2 Å². The van der Waals surface area contributed by atoms with Gasteiger partial charge in [0.05, 0.1) is 17.7 Å². The number of carbonyl (C=O) groups is 1. The van der Waals surface area contributed by atoms with Crippen LogP contribution in [0.1, 0.15) is 17.5 Å². The maximum absolute atomic E-state index is 11.8. The van der Waals surface area contributed by atoms with Crippen LogP contribution in [-0.4, -0.2) is 35.1 Å². The highest BCUT2D eigenvalue weighted by Gasteiger charge is 2.22. The van der Waals surface area contributed by atoms with Crippen LogP contribution < -0.4 is 0 Å². The van der Waals surface area contributed by atoms with Crippen molar-refractivity contribution >= 4 is 12.0 Å². The van der Waals surface area contributed by atoms with Crippen LogP contribution in [0.25, 0.3) is 6.08 Å². The molecule has 1 heterocycles. The maximum Gasteiger partial charge on any atom is 0.246 e. The molecule has 0 saturated carbocycles. The number of nitriles is 1. The number of hydrogen-bond acceptors (Lipinski definition) is 3. The summed E-state index contributed by atoms with van der Waals surface area (Å²) in [5, 5.41) is 18.0. The normalized spacial score (nSPS) is 19.1. The minimum Gasteiger partial charge on any atom is -0.391 e. The molecule has 0 aliphatic carbocycles. The Bertz CT molecular complexity index is 500. The molecular formula is C14H14N2O2. The smallest absolute Gasteiger partial charge is 0.246 e. The number of likely N-dealkylation sites (tertiary alicyclic amines) is 1. The number of benzene rings is 1. The first-order valence-corrected chi connectivity index (χ1v) is 5.84. The number of aliphatic hydroxyl groups is 1. The Morgan fingerprint density at radius 1 is 1.44 bits per heavy atom. The summed E-state index contributed by atoms with van der Waals surface area (Å²) in [5.74, 6) is -0.0871. The molecule has 4 nitrogen and oxygen atoms in total. The fraction of sp³-hybridized carbons (Fsp3) is 0.286. The molecule has 1 unspecified atom stereocenters. The summed E-state index contributed by atoms with van der Waals surface area (Å²) in [5.41, 5.74) is 1.48. The van der Waals surface area contributed by atoms with Gasteiger partial charge in [-0.1, -0.05) is 12.1 Å². The molecule has 1 saturated heterocycles. The van der Waals surface area contributed by atoms with Gasteiger partial charge in [-0.2, -0.15) is 5.26 Å². The van der Waals surface area contributed by atoms with Gasteiger partial charge in [0.1, 0.15) is 0 Å². The highest BCUT2D eigenvalue weighted by Crippen LogP contribution is 2.10. The number of β-amino-alcohol motifs (C(OH)–C–C–N with tert-alkyl or cyclic N) is 1. The molecule has 0 radical (unpaired) electrons. The Balaban J connectivity index is 1.97. The Labute approximate surface area is 106 Å². The molecule has 0 spiro atoms. The van der Waals surface area contributed by atoms with Crippen LogP contribution in [0.2, 0.25) is 0 Å². The molecule has 92 valence electrons. The molecular weight excluding hydrogens is 228 g/mol. The van der Waals surface area contributed by atoms with Gasteiger partial charge in [0.2, 0.25) is 5.91 Å². The van der Waals surface area contributed by atoms with Crippen LogP contribution in [0.15, 0.2) is 30.3 Å². The van der Waals surface area contributed by atoms with E-state index < -0.39 is 6.10 Å². The third-order valence-corrected chi connectivity index (χ3v) is 2.93. The zero-order valence-electron chi connectivity index (χ0n) is 9.91. The lowest BCUT2D eigenvalue weighted by atomic mass is 10.1. The second-order valence-electron chi connectivity index (χ2n) is 4.29. The van der Waals surface area contributed by atoms with Gasteiger partial charge >= 0.3 is 0 Å². The number of amides is 1. The van der Waals surface area contributed by atoms with Gasteiger partial charge in [-0.05, 0) is 30.2 Å². The number of rotatable bonds is 2. The first-order valence-electron chi connectivity index (χ1n) is 5.84. The quantitative estimate of drug-likeness (QED) is 0.792. The van der Waals surface area contributed by atoms with Gasteiger partial charge in [-0.25, -0.2) is 0 Å². The predicted molar refractivity (Wildman–Crippen MR) is 67.4 cm³/mol. The largest absolute Gasteiger partial charge is 0.391 e. The first-order chi connectivity index (χ1) is 8.69. The lowest BCUT2D eigenvalue weighted by Gasteiger charge is -2.12. The molecule has 1 aliphatic heterocycles. The van der Waals surface area contributed by atoms with E-state index >= 15 is 0 Å². The molecule has 1 aliphatic rings. The minimum absolute atomic E-state index is 0.0871. The van der Waals surface area contributed by atoms with Crippen molar-refractivity contribution in [2.24, 2.45) is 0 Å². The zero-order chi connectivity index (χ0) is 13.0. The van der Waals surface area contributed by atoms with Gasteiger partial charge in [0.25, 0.3) is 0 Å². The molecule has 1 N–H and O–H groups in total. The lowest BCUT2D eigenvalue weighted by Crippen LogP contribution is -2.27. The van der Waals surface area contributed by atoms with E-state index in [-0.39, 0.29) is 5.91 Å². The average molecular weight is 242 g/mol. The molecule has 18 heavy (non-hydrogen) atoms. The molecule has 1 aromatic rings. The fourth-order valence-corrected chi connectivity index (χ4v) is 1.88. The minimum atomic E-state index is -0.391. The van der Waals surface area contributed by atoms with Crippen molar-refractivity contribution in [1.82, 2.24) is 4.90 Å².